The van der Waals surface area contributed by atoms with Gasteiger partial charge in [-0.05, 0) is 79.8 Å². The molecule has 1 aliphatic rings. The molecule has 0 spiro atoms. The van der Waals surface area contributed by atoms with Crippen molar-refractivity contribution in [3.8, 4) is 0 Å². The van der Waals surface area contributed by atoms with Crippen molar-refractivity contribution >= 4 is 62.3 Å². The van der Waals surface area contributed by atoms with Gasteiger partial charge in [0.2, 0.25) is 11.8 Å². The summed E-state index contributed by atoms with van der Waals surface area (Å²) in [5, 5.41) is 4.23. The van der Waals surface area contributed by atoms with Gasteiger partial charge < -0.3 is 10.2 Å². The quantitative estimate of drug-likeness (QED) is 0.160. The Morgan fingerprint density at radius 2 is 1.50 bits per heavy atom. The minimum absolute atomic E-state index is 0.000584. The van der Waals surface area contributed by atoms with Crippen LogP contribution >= 0.6 is 34.8 Å². The lowest BCUT2D eigenvalue weighted by atomic mass is 10.0. The molecule has 7 nitrogen and oxygen atoms in total. The Morgan fingerprint density at radius 1 is 0.854 bits per heavy atom. The highest BCUT2D eigenvalue weighted by atomic mass is 35.5. The van der Waals surface area contributed by atoms with Gasteiger partial charge >= 0.3 is 0 Å². The van der Waals surface area contributed by atoms with E-state index in [-0.39, 0.29) is 35.5 Å². The van der Waals surface area contributed by atoms with E-state index in [9.17, 15) is 18.0 Å². The van der Waals surface area contributed by atoms with Crippen LogP contribution in [0.25, 0.3) is 0 Å². The molecule has 2 amide bonds. The fourth-order valence-corrected chi connectivity index (χ4v) is 8.06. The molecule has 1 atom stereocenters. The maximum Gasteiger partial charge on any atom is 0.264 e. The first-order valence-electron chi connectivity index (χ1n) is 15.9. The smallest absolute Gasteiger partial charge is 0.264 e. The van der Waals surface area contributed by atoms with Crippen LogP contribution in [0.2, 0.25) is 15.1 Å². The van der Waals surface area contributed by atoms with E-state index >= 15 is 0 Å². The molecule has 1 N–H and O–H groups in total. The van der Waals surface area contributed by atoms with Crippen LogP contribution in [0, 0.1) is 13.8 Å². The van der Waals surface area contributed by atoms with Crippen LogP contribution in [0.3, 0.4) is 0 Å². The maximum absolute atomic E-state index is 14.7. The zero-order valence-electron chi connectivity index (χ0n) is 26.8. The van der Waals surface area contributed by atoms with E-state index in [1.807, 2.05) is 37.3 Å². The normalized spacial score (nSPS) is 14.0. The molecule has 11 heteroatoms. The summed E-state index contributed by atoms with van der Waals surface area (Å²) in [4.78, 5) is 30.4. The molecular weight excluding hydrogens is 689 g/mol. The number of halogens is 3. The lowest BCUT2D eigenvalue weighted by molar-refractivity contribution is -0.140. The van der Waals surface area contributed by atoms with E-state index in [1.54, 1.807) is 49.4 Å². The van der Waals surface area contributed by atoms with Crippen molar-refractivity contribution in [1.82, 2.24) is 10.2 Å². The van der Waals surface area contributed by atoms with Gasteiger partial charge in [-0.25, -0.2) is 8.42 Å². The number of carbonyl (C=O) groups excluding carboxylic acids is 2. The fraction of sp³-hybridized carbons (Fsp3) is 0.297. The third-order valence-electron chi connectivity index (χ3n) is 8.66. The average Bonchev–Trinajstić information content (AvgIpc) is 3.57. The maximum atomic E-state index is 14.7. The summed E-state index contributed by atoms with van der Waals surface area (Å²) in [5.41, 5.74) is 3.16. The van der Waals surface area contributed by atoms with Crippen LogP contribution in [0.1, 0.15) is 47.9 Å². The monoisotopic (exact) mass is 725 g/mol. The number of benzene rings is 4. The van der Waals surface area contributed by atoms with Crippen molar-refractivity contribution in [3.05, 3.63) is 128 Å². The van der Waals surface area contributed by atoms with E-state index < -0.39 is 28.5 Å². The first-order chi connectivity index (χ1) is 22.9. The third kappa shape index (κ3) is 8.72. The van der Waals surface area contributed by atoms with E-state index in [2.05, 4.69) is 5.32 Å². The number of aryl methyl sites for hydroxylation is 2. The van der Waals surface area contributed by atoms with Crippen LogP contribution in [0.15, 0.2) is 95.9 Å². The first-order valence-corrected chi connectivity index (χ1v) is 18.4. The number of hydrogen-bond acceptors (Lipinski definition) is 4. The van der Waals surface area contributed by atoms with Crippen LogP contribution in [0.4, 0.5) is 5.69 Å². The molecule has 252 valence electrons. The molecule has 0 aliphatic heterocycles. The highest BCUT2D eigenvalue weighted by Crippen LogP contribution is 2.31. The molecule has 1 unspecified atom stereocenters. The predicted molar refractivity (Wildman–Crippen MR) is 193 cm³/mol. The summed E-state index contributed by atoms with van der Waals surface area (Å²) < 4.78 is 29.8. The van der Waals surface area contributed by atoms with E-state index in [4.69, 9.17) is 34.8 Å². The van der Waals surface area contributed by atoms with E-state index in [0.29, 0.717) is 26.2 Å². The van der Waals surface area contributed by atoms with Crippen molar-refractivity contribution in [2.75, 3.05) is 10.8 Å². The Labute approximate surface area is 297 Å². The van der Waals surface area contributed by atoms with Crippen molar-refractivity contribution in [3.63, 3.8) is 0 Å². The molecule has 5 rings (SSSR count). The highest BCUT2D eigenvalue weighted by molar-refractivity contribution is 7.92. The Morgan fingerprint density at radius 3 is 2.17 bits per heavy atom. The number of amides is 2. The largest absolute Gasteiger partial charge is 0.352 e. The molecule has 0 heterocycles. The van der Waals surface area contributed by atoms with Gasteiger partial charge in [-0.15, -0.1) is 0 Å². The summed E-state index contributed by atoms with van der Waals surface area (Å²) in [6.45, 7) is 2.97. The van der Waals surface area contributed by atoms with Gasteiger partial charge in [-0.2, -0.15) is 0 Å². The number of nitrogens with one attached hydrogen (secondary N) is 1. The lowest BCUT2D eigenvalue weighted by Gasteiger charge is -2.35. The molecule has 0 saturated heterocycles. The molecule has 1 fully saturated rings. The standard InChI is InChI=1S/C37H38Cl3N3O4S/c1-25-12-18-32(19-13-25)48(46,47)43(34-22-30(39)16-14-26(34)2)24-36(44)42(23-28-15-17-29(38)21-33(28)40)35(20-27-8-4-3-5-9-27)37(45)41-31-10-6-7-11-31/h3-5,8-9,12-19,21-22,31,35H,6-7,10-11,20,23-24H2,1-2H3,(H,41,45). The first kappa shape index (κ1) is 35.7. The van der Waals surface area contributed by atoms with Crippen molar-refractivity contribution < 1.29 is 18.0 Å². The topological polar surface area (TPSA) is 86.8 Å². The van der Waals surface area contributed by atoms with Gasteiger partial charge in [0.15, 0.2) is 0 Å². The Kier molecular flexibility index (Phi) is 11.7. The Balaban J connectivity index is 1.61. The average molecular weight is 727 g/mol. The number of carbonyl (C=O) groups is 2. The minimum atomic E-state index is -4.27. The molecule has 1 aliphatic carbocycles. The van der Waals surface area contributed by atoms with Gasteiger partial charge in [0.25, 0.3) is 10.0 Å². The summed E-state index contributed by atoms with van der Waals surface area (Å²) in [5.74, 6) is -0.894. The van der Waals surface area contributed by atoms with Crippen LogP contribution in [0.5, 0.6) is 0 Å². The number of nitrogens with zero attached hydrogens (tertiary/aromatic N) is 2. The molecule has 48 heavy (non-hydrogen) atoms. The number of anilines is 1. The second-order valence-corrected chi connectivity index (χ2v) is 15.4. The fourth-order valence-electron chi connectivity index (χ4n) is 5.96. The molecule has 4 aromatic rings. The van der Waals surface area contributed by atoms with Crippen LogP contribution < -0.4 is 9.62 Å². The molecule has 1 saturated carbocycles. The van der Waals surface area contributed by atoms with Crippen molar-refractivity contribution in [1.29, 1.82) is 0 Å². The predicted octanol–water partition coefficient (Wildman–Crippen LogP) is 8.16. The molecule has 4 aromatic carbocycles. The summed E-state index contributed by atoms with van der Waals surface area (Å²) in [6, 6.07) is 24.8. The highest BCUT2D eigenvalue weighted by Gasteiger charge is 2.36. The van der Waals surface area contributed by atoms with Gasteiger partial charge in [0, 0.05) is 34.1 Å². The number of hydrogen-bond donors (Lipinski definition) is 1. The van der Waals surface area contributed by atoms with Crippen molar-refractivity contribution in [2.45, 2.75) is 69.5 Å². The summed E-state index contributed by atoms with van der Waals surface area (Å²) in [6.07, 6.45) is 3.95. The molecule has 0 radical (unpaired) electrons. The molecule has 0 bridgehead atoms. The van der Waals surface area contributed by atoms with E-state index in [1.165, 1.54) is 23.1 Å². The van der Waals surface area contributed by atoms with Gasteiger partial charge in [0.1, 0.15) is 12.6 Å². The van der Waals surface area contributed by atoms with Gasteiger partial charge in [-0.1, -0.05) is 108 Å². The zero-order valence-corrected chi connectivity index (χ0v) is 29.9. The number of sulfonamides is 1. The second kappa shape index (κ2) is 15.8. The van der Waals surface area contributed by atoms with Crippen LogP contribution in [-0.2, 0) is 32.6 Å². The van der Waals surface area contributed by atoms with Crippen molar-refractivity contribution in [2.24, 2.45) is 0 Å². The van der Waals surface area contributed by atoms with E-state index in [0.717, 1.165) is 41.1 Å². The molecule has 0 aromatic heterocycles. The van der Waals surface area contributed by atoms with Crippen LogP contribution in [-0.4, -0.2) is 43.8 Å². The third-order valence-corrected chi connectivity index (χ3v) is 11.3. The minimum Gasteiger partial charge on any atom is -0.352 e. The number of rotatable bonds is 12. The SMILES string of the molecule is Cc1ccc(S(=O)(=O)N(CC(=O)N(Cc2ccc(Cl)cc2Cl)C(Cc2ccccc2)C(=O)NC2CCCC2)c2cc(Cl)ccc2C)cc1. The summed E-state index contributed by atoms with van der Waals surface area (Å²) >= 11 is 19.2. The zero-order chi connectivity index (χ0) is 34.4. The Hall–Kier alpha value is -3.56. The van der Waals surface area contributed by atoms with Gasteiger partial charge in [-0.3, -0.25) is 13.9 Å². The molecular formula is C37H38Cl3N3O4S. The summed E-state index contributed by atoms with van der Waals surface area (Å²) in [7, 11) is -4.27. The lowest BCUT2D eigenvalue weighted by Crippen LogP contribution is -2.54. The van der Waals surface area contributed by atoms with Gasteiger partial charge in [0.05, 0.1) is 10.6 Å². The Bertz CT molecular complexity index is 1860. The second-order valence-electron chi connectivity index (χ2n) is 12.2.